The molecule has 3 aromatic heterocycles. The lowest BCUT2D eigenvalue weighted by Crippen LogP contribution is -1.95. The molecule has 0 unspecified atom stereocenters. The fraction of sp³-hybridized carbons (Fsp3) is 0. The number of aromatic nitrogens is 2. The molecule has 0 N–H and O–H groups in total. The van der Waals surface area contributed by atoms with Crippen LogP contribution in [0.25, 0.3) is 121 Å². The normalized spacial score (nSPS) is 11.8. The summed E-state index contributed by atoms with van der Waals surface area (Å²) in [5.41, 5.74) is 18.1. The largest absolute Gasteiger partial charge is 0.454 e. The molecular weight excluding hydrogens is 765 g/mol. The Labute approximate surface area is 363 Å². The van der Waals surface area contributed by atoms with Gasteiger partial charge in [-0.1, -0.05) is 170 Å². The maximum absolute atomic E-state index is 6.87. The zero-order valence-corrected chi connectivity index (χ0v) is 34.2. The van der Waals surface area contributed by atoms with Gasteiger partial charge in [0.05, 0.1) is 27.8 Å². The molecule has 13 rings (SSSR count). The molecule has 3 heterocycles. The van der Waals surface area contributed by atoms with Crippen LogP contribution in [0, 0.1) is 0 Å². The molecule has 0 radical (unpaired) electrons. The van der Waals surface area contributed by atoms with Gasteiger partial charge in [0, 0.05) is 38.0 Å². The minimum absolute atomic E-state index is 0.878. The topological polar surface area (TPSA) is 23.0 Å². The molecule has 0 saturated carbocycles. The number of hydrogen-bond acceptors (Lipinski definition) is 1. The zero-order chi connectivity index (χ0) is 41.4. The predicted octanol–water partition coefficient (Wildman–Crippen LogP) is 16.4. The van der Waals surface area contributed by atoms with E-state index in [1.807, 2.05) is 0 Å². The summed E-state index contributed by atoms with van der Waals surface area (Å²) in [5.74, 6) is 0. The molecule has 0 spiro atoms. The van der Waals surface area contributed by atoms with Crippen molar-refractivity contribution < 1.29 is 4.42 Å². The van der Waals surface area contributed by atoms with Crippen molar-refractivity contribution in [3.63, 3.8) is 0 Å². The Morgan fingerprint density at radius 2 is 0.762 bits per heavy atom. The second-order valence-corrected chi connectivity index (χ2v) is 16.5. The highest BCUT2D eigenvalue weighted by Gasteiger charge is 2.21. The van der Waals surface area contributed by atoms with Crippen molar-refractivity contribution in [2.45, 2.75) is 0 Å². The van der Waals surface area contributed by atoms with E-state index in [0.717, 1.165) is 55.5 Å². The lowest BCUT2D eigenvalue weighted by atomic mass is 9.96. The van der Waals surface area contributed by atoms with Crippen LogP contribution in [0.5, 0.6) is 0 Å². The first kappa shape index (κ1) is 35.4. The number of nitrogens with zero attached hydrogens (tertiary/aromatic N) is 2. The third kappa shape index (κ3) is 5.60. The Balaban J connectivity index is 0.958. The van der Waals surface area contributed by atoms with E-state index in [9.17, 15) is 0 Å². The van der Waals surface area contributed by atoms with Gasteiger partial charge in [-0.15, -0.1) is 0 Å². The lowest BCUT2D eigenvalue weighted by Gasteiger charge is -2.12. The molecule has 0 aliphatic carbocycles. The summed E-state index contributed by atoms with van der Waals surface area (Å²) >= 11 is 0. The zero-order valence-electron chi connectivity index (χ0n) is 34.2. The predicted molar refractivity (Wildman–Crippen MR) is 264 cm³/mol. The Kier molecular flexibility index (Phi) is 7.91. The molecule has 0 amide bonds. The van der Waals surface area contributed by atoms with E-state index in [4.69, 9.17) is 4.42 Å². The molecule has 294 valence electrons. The van der Waals surface area contributed by atoms with Crippen molar-refractivity contribution in [1.29, 1.82) is 0 Å². The Morgan fingerprint density at radius 1 is 0.286 bits per heavy atom. The molecule has 10 aromatic carbocycles. The first-order chi connectivity index (χ1) is 31.2. The summed E-state index contributed by atoms with van der Waals surface area (Å²) in [6.45, 7) is 0. The van der Waals surface area contributed by atoms with Crippen molar-refractivity contribution in [1.82, 2.24) is 9.13 Å². The van der Waals surface area contributed by atoms with Crippen molar-refractivity contribution in [3.05, 3.63) is 231 Å². The minimum Gasteiger partial charge on any atom is -0.454 e. The smallest absolute Gasteiger partial charge is 0.160 e. The maximum atomic E-state index is 6.87. The summed E-state index contributed by atoms with van der Waals surface area (Å²) in [6.07, 6.45) is 0. The fourth-order valence-electron chi connectivity index (χ4n) is 10.0. The van der Waals surface area contributed by atoms with E-state index in [1.54, 1.807) is 0 Å². The van der Waals surface area contributed by atoms with Gasteiger partial charge < -0.3 is 13.6 Å². The van der Waals surface area contributed by atoms with Gasteiger partial charge in [-0.05, 0) is 105 Å². The molecule has 0 fully saturated rings. The summed E-state index contributed by atoms with van der Waals surface area (Å²) in [5, 5.41) is 7.11. The van der Waals surface area contributed by atoms with Crippen LogP contribution in [0.1, 0.15) is 0 Å². The Bertz CT molecular complexity index is 3890. The van der Waals surface area contributed by atoms with E-state index >= 15 is 0 Å². The van der Waals surface area contributed by atoms with Gasteiger partial charge in [0.2, 0.25) is 0 Å². The van der Waals surface area contributed by atoms with Crippen LogP contribution >= 0.6 is 0 Å². The number of para-hydroxylation sites is 3. The Morgan fingerprint density at radius 3 is 1.44 bits per heavy atom. The van der Waals surface area contributed by atoms with Gasteiger partial charge in [0.25, 0.3) is 0 Å². The molecule has 0 bridgehead atoms. The van der Waals surface area contributed by atoms with Crippen LogP contribution in [0.15, 0.2) is 235 Å². The average Bonchev–Trinajstić information content (AvgIpc) is 4.02. The average molecular weight is 803 g/mol. The minimum atomic E-state index is 0.878. The highest BCUT2D eigenvalue weighted by molar-refractivity contribution is 6.17. The van der Waals surface area contributed by atoms with Gasteiger partial charge in [-0.2, -0.15) is 0 Å². The van der Waals surface area contributed by atoms with Crippen molar-refractivity contribution in [2.75, 3.05) is 0 Å². The molecule has 3 nitrogen and oxygen atoms in total. The quantitative estimate of drug-likeness (QED) is 0.164. The second-order valence-electron chi connectivity index (χ2n) is 16.5. The molecular formula is C60H38N2O. The molecule has 13 aromatic rings. The summed E-state index contributed by atoms with van der Waals surface area (Å²) < 4.78 is 11.7. The number of fused-ring (bicyclic) bond motifs is 9. The van der Waals surface area contributed by atoms with Crippen molar-refractivity contribution >= 4 is 65.6 Å². The second kappa shape index (κ2) is 14.1. The SMILES string of the molecule is c1ccc(-c2ccc(-c3ccc(-n4c5ccccc5c5cc(-c6ccc7c(c6)c6ccccc6n7-c6cccc(-c7ccccc7)c6)ccc54)c4oc5ccccc5c34)cc2)cc1. The molecule has 0 saturated heterocycles. The first-order valence-electron chi connectivity index (χ1n) is 21.6. The number of benzene rings is 10. The van der Waals surface area contributed by atoms with Crippen molar-refractivity contribution in [3.8, 4) is 55.9 Å². The monoisotopic (exact) mass is 802 g/mol. The number of rotatable bonds is 6. The third-order valence-corrected chi connectivity index (χ3v) is 12.9. The summed E-state index contributed by atoms with van der Waals surface area (Å²) in [6, 6.07) is 83.3. The fourth-order valence-corrected chi connectivity index (χ4v) is 10.0. The van der Waals surface area contributed by atoms with Crippen LogP contribution in [-0.4, -0.2) is 9.13 Å². The van der Waals surface area contributed by atoms with Gasteiger partial charge in [-0.3, -0.25) is 0 Å². The highest BCUT2D eigenvalue weighted by atomic mass is 16.3. The number of hydrogen-bond donors (Lipinski definition) is 0. The lowest BCUT2D eigenvalue weighted by molar-refractivity contribution is 0.666. The van der Waals surface area contributed by atoms with E-state index in [0.29, 0.717) is 0 Å². The van der Waals surface area contributed by atoms with Gasteiger partial charge in [0.15, 0.2) is 5.58 Å². The molecule has 0 atom stereocenters. The standard InChI is InChI=1S/C60H38N2O/c1-3-14-39(15-4-1)41-26-28-42(29-27-41)47-32-35-57(60-59(47)50-22-9-12-25-58(50)63-60)62-54-24-11-8-21-49(54)52-38-45(31-34-56(52)62)44-30-33-55-51(37-44)48-20-7-10-23-53(48)61(55)46-19-13-18-43(36-46)40-16-5-2-6-17-40/h1-38H. The number of furan rings is 1. The van der Waals surface area contributed by atoms with E-state index in [2.05, 4.69) is 240 Å². The van der Waals surface area contributed by atoms with Crippen LogP contribution < -0.4 is 0 Å². The van der Waals surface area contributed by atoms with Gasteiger partial charge in [-0.25, -0.2) is 0 Å². The summed E-state index contributed by atoms with van der Waals surface area (Å²) in [7, 11) is 0. The highest BCUT2D eigenvalue weighted by Crippen LogP contribution is 2.44. The molecule has 3 heteroatoms. The van der Waals surface area contributed by atoms with Gasteiger partial charge in [0.1, 0.15) is 5.58 Å². The third-order valence-electron chi connectivity index (χ3n) is 12.9. The summed E-state index contributed by atoms with van der Waals surface area (Å²) in [4.78, 5) is 0. The van der Waals surface area contributed by atoms with Crippen molar-refractivity contribution in [2.24, 2.45) is 0 Å². The molecule has 0 aliphatic heterocycles. The van der Waals surface area contributed by atoms with Crippen LogP contribution in [0.4, 0.5) is 0 Å². The Hall–Kier alpha value is -8.40. The van der Waals surface area contributed by atoms with Crippen LogP contribution in [0.2, 0.25) is 0 Å². The van der Waals surface area contributed by atoms with Crippen LogP contribution in [-0.2, 0) is 0 Å². The maximum Gasteiger partial charge on any atom is 0.160 e. The first-order valence-corrected chi connectivity index (χ1v) is 21.6. The van der Waals surface area contributed by atoms with E-state index < -0.39 is 0 Å². The van der Waals surface area contributed by atoms with Crippen LogP contribution in [0.3, 0.4) is 0 Å². The van der Waals surface area contributed by atoms with Gasteiger partial charge >= 0.3 is 0 Å². The van der Waals surface area contributed by atoms with E-state index in [1.165, 1.54) is 66.0 Å². The van der Waals surface area contributed by atoms with E-state index in [-0.39, 0.29) is 0 Å². The molecule has 0 aliphatic rings. The molecule has 63 heavy (non-hydrogen) atoms.